The van der Waals surface area contributed by atoms with Crippen LogP contribution in [0.4, 0.5) is 0 Å². The third-order valence-electron chi connectivity index (χ3n) is 1.10. The molecule has 0 aliphatic carbocycles. The van der Waals surface area contributed by atoms with Crippen LogP contribution in [-0.4, -0.2) is 11.3 Å². The van der Waals surface area contributed by atoms with Gasteiger partial charge in [-0.3, -0.25) is 0 Å². The Morgan fingerprint density at radius 3 is 1.09 bits per heavy atom. The molecule has 0 fully saturated rings. The van der Waals surface area contributed by atoms with E-state index in [1.807, 2.05) is 0 Å². The first-order valence-corrected chi connectivity index (χ1v) is 5.77. The lowest BCUT2D eigenvalue weighted by atomic mass is 10.4. The molecule has 0 amide bonds. The highest BCUT2D eigenvalue weighted by Crippen LogP contribution is 2.23. The molecule has 0 heterocycles. The molecule has 0 aromatic rings. The second-order valence-corrected chi connectivity index (χ2v) is 5.70. The highest BCUT2D eigenvalue weighted by atomic mass is 31.1. The fourth-order valence-corrected chi connectivity index (χ4v) is 1.79. The van der Waals surface area contributed by atoms with Gasteiger partial charge in [-0.25, -0.2) is 0 Å². The van der Waals surface area contributed by atoms with Crippen molar-refractivity contribution in [2.24, 2.45) is 0 Å². The molecule has 0 rings (SSSR count). The molecule has 69 valence electrons. The van der Waals surface area contributed by atoms with Crippen molar-refractivity contribution < 1.29 is 0 Å². The van der Waals surface area contributed by atoms with Crippen molar-refractivity contribution in [3.8, 4) is 0 Å². The number of rotatable bonds is 3. The first-order valence-electron chi connectivity index (χ1n) is 4.74. The summed E-state index contributed by atoms with van der Waals surface area (Å²) in [4.78, 5) is 0. The monoisotopic (exact) mass is 175 g/mol. The topological polar surface area (TPSA) is 0 Å². The lowest BCUT2D eigenvalue weighted by Gasteiger charge is -2.04. The molecule has 0 bridgehead atoms. The molecule has 0 unspecified atom stereocenters. The van der Waals surface area contributed by atoms with E-state index in [4.69, 9.17) is 0 Å². The van der Waals surface area contributed by atoms with Gasteiger partial charge in [-0.1, -0.05) is 63.0 Å². The molecule has 0 aliphatic heterocycles. The van der Waals surface area contributed by atoms with Gasteiger partial charge in [0.15, 0.2) is 0 Å². The van der Waals surface area contributed by atoms with E-state index in [9.17, 15) is 0 Å². The standard InChI is InChI=1S/C6H14P.C4H10/c1-5(2)7-6(3)4;1-3-4-2/h5-6H,1-4H3;3-4H2,1-2H3. The molecular formula is C10H24P. The van der Waals surface area contributed by atoms with E-state index in [0.717, 1.165) is 11.3 Å². The summed E-state index contributed by atoms with van der Waals surface area (Å²) in [7, 11) is 1.58. The van der Waals surface area contributed by atoms with E-state index < -0.39 is 0 Å². The smallest absolute Gasteiger partial charge is 0.0225 e. The van der Waals surface area contributed by atoms with Crippen LogP contribution >= 0.6 is 8.58 Å². The van der Waals surface area contributed by atoms with Gasteiger partial charge in [0.25, 0.3) is 0 Å². The van der Waals surface area contributed by atoms with Crippen molar-refractivity contribution in [1.82, 2.24) is 0 Å². The minimum Gasteiger partial charge on any atom is -0.0752 e. The minimum atomic E-state index is 0.847. The van der Waals surface area contributed by atoms with E-state index in [2.05, 4.69) is 41.5 Å². The Bertz CT molecular complexity index is 49.9. The maximum Gasteiger partial charge on any atom is -0.0225 e. The molecule has 0 atom stereocenters. The molecule has 11 heavy (non-hydrogen) atoms. The van der Waals surface area contributed by atoms with Crippen molar-refractivity contribution in [1.29, 1.82) is 0 Å². The van der Waals surface area contributed by atoms with E-state index in [1.165, 1.54) is 12.8 Å². The van der Waals surface area contributed by atoms with Crippen LogP contribution in [0.15, 0.2) is 0 Å². The maximum atomic E-state index is 2.25. The molecule has 0 aliphatic rings. The van der Waals surface area contributed by atoms with Crippen molar-refractivity contribution in [2.75, 3.05) is 0 Å². The Labute approximate surface area is 74.9 Å². The van der Waals surface area contributed by atoms with E-state index >= 15 is 0 Å². The molecule has 0 saturated carbocycles. The highest BCUT2D eigenvalue weighted by molar-refractivity contribution is 7.39. The van der Waals surface area contributed by atoms with Gasteiger partial charge in [-0.2, -0.15) is 0 Å². The third kappa shape index (κ3) is 25.1. The van der Waals surface area contributed by atoms with Crippen molar-refractivity contribution in [2.45, 2.75) is 65.7 Å². The Balaban J connectivity index is 0. The van der Waals surface area contributed by atoms with Gasteiger partial charge in [0, 0.05) is 0 Å². The van der Waals surface area contributed by atoms with Crippen LogP contribution in [0.1, 0.15) is 54.4 Å². The highest BCUT2D eigenvalue weighted by Gasteiger charge is 1.96. The molecule has 0 aromatic carbocycles. The van der Waals surface area contributed by atoms with Gasteiger partial charge in [-0.15, -0.1) is 0 Å². The fourth-order valence-electron chi connectivity index (χ4n) is 0.596. The predicted molar refractivity (Wildman–Crippen MR) is 57.8 cm³/mol. The fraction of sp³-hybridized carbons (Fsp3) is 1.00. The number of hydrogen-bond acceptors (Lipinski definition) is 0. The summed E-state index contributed by atoms with van der Waals surface area (Å²) in [5, 5.41) is 0. The largest absolute Gasteiger partial charge is 0.0752 e. The second kappa shape index (κ2) is 10.4. The van der Waals surface area contributed by atoms with Crippen LogP contribution in [0.5, 0.6) is 0 Å². The molecule has 0 N–H and O–H groups in total. The molecule has 0 saturated heterocycles. The van der Waals surface area contributed by atoms with Crippen LogP contribution in [0.2, 0.25) is 0 Å². The summed E-state index contributed by atoms with van der Waals surface area (Å²) in [5.41, 5.74) is 1.69. The first kappa shape index (κ1) is 14.0. The lowest BCUT2D eigenvalue weighted by Crippen LogP contribution is -1.90. The van der Waals surface area contributed by atoms with Crippen molar-refractivity contribution >= 4 is 8.58 Å². The number of hydrogen-bond donors (Lipinski definition) is 0. The summed E-state index contributed by atoms with van der Waals surface area (Å²) >= 11 is 0. The maximum absolute atomic E-state index is 2.25. The van der Waals surface area contributed by atoms with Gasteiger partial charge in [0.2, 0.25) is 0 Å². The first-order chi connectivity index (χ1) is 5.04. The lowest BCUT2D eigenvalue weighted by molar-refractivity contribution is 0.886. The molecule has 0 spiro atoms. The van der Waals surface area contributed by atoms with Gasteiger partial charge < -0.3 is 0 Å². The van der Waals surface area contributed by atoms with Gasteiger partial charge in [-0.05, 0) is 11.3 Å². The number of unbranched alkanes of at least 4 members (excludes halogenated alkanes) is 1. The minimum absolute atomic E-state index is 0.847. The predicted octanol–water partition coefficient (Wildman–Crippen LogP) is 4.56. The zero-order valence-electron chi connectivity index (χ0n) is 9.02. The Morgan fingerprint density at radius 2 is 1.09 bits per heavy atom. The Hall–Kier alpha value is 0.430. The van der Waals surface area contributed by atoms with Gasteiger partial charge >= 0.3 is 0 Å². The zero-order valence-corrected chi connectivity index (χ0v) is 9.91. The summed E-state index contributed by atoms with van der Waals surface area (Å²) < 4.78 is 0. The summed E-state index contributed by atoms with van der Waals surface area (Å²) in [6, 6.07) is 0. The molecular weight excluding hydrogens is 151 g/mol. The van der Waals surface area contributed by atoms with Crippen LogP contribution in [0, 0.1) is 0 Å². The van der Waals surface area contributed by atoms with Crippen molar-refractivity contribution in [3.63, 3.8) is 0 Å². The van der Waals surface area contributed by atoms with E-state index in [1.54, 1.807) is 8.58 Å². The third-order valence-corrected chi connectivity index (χ3v) is 2.29. The van der Waals surface area contributed by atoms with Crippen LogP contribution < -0.4 is 0 Å². The van der Waals surface area contributed by atoms with Crippen molar-refractivity contribution in [3.05, 3.63) is 0 Å². The average molecular weight is 175 g/mol. The Kier molecular flexibility index (Phi) is 13.3. The van der Waals surface area contributed by atoms with Gasteiger partial charge in [0.1, 0.15) is 0 Å². The molecule has 1 heteroatoms. The Morgan fingerprint density at radius 1 is 0.818 bits per heavy atom. The average Bonchev–Trinajstić information content (AvgIpc) is 1.85. The molecule has 1 radical (unpaired) electrons. The van der Waals surface area contributed by atoms with Crippen LogP contribution in [0.25, 0.3) is 0 Å². The quantitative estimate of drug-likeness (QED) is 0.552. The van der Waals surface area contributed by atoms with Crippen LogP contribution in [0.3, 0.4) is 0 Å². The molecule has 0 nitrogen and oxygen atoms in total. The van der Waals surface area contributed by atoms with Crippen LogP contribution in [-0.2, 0) is 0 Å². The van der Waals surface area contributed by atoms with E-state index in [0.29, 0.717) is 0 Å². The molecule has 0 aromatic heterocycles. The summed E-state index contributed by atoms with van der Waals surface area (Å²) in [5.74, 6) is 0. The van der Waals surface area contributed by atoms with Gasteiger partial charge in [0.05, 0.1) is 0 Å². The normalized spacial score (nSPS) is 9.82. The second-order valence-electron chi connectivity index (χ2n) is 3.34. The SMILES string of the molecule is CC(C)[P]C(C)C.CCCC. The summed E-state index contributed by atoms with van der Waals surface area (Å²) in [6.45, 7) is 13.4. The zero-order chi connectivity index (χ0) is 9.28. The summed E-state index contributed by atoms with van der Waals surface area (Å²) in [6.07, 6.45) is 2.64. The van der Waals surface area contributed by atoms with E-state index in [-0.39, 0.29) is 0 Å².